The second kappa shape index (κ2) is 6.21. The zero-order chi connectivity index (χ0) is 11.2. The lowest BCUT2D eigenvalue weighted by Gasteiger charge is -2.11. The van der Waals surface area contributed by atoms with Crippen LogP contribution in [0.1, 0.15) is 19.8 Å². The van der Waals surface area contributed by atoms with Crippen molar-refractivity contribution in [1.29, 1.82) is 0 Å². The van der Waals surface area contributed by atoms with Crippen LogP contribution in [0.4, 0.5) is 0 Å². The van der Waals surface area contributed by atoms with E-state index >= 15 is 0 Å². The van der Waals surface area contributed by atoms with Crippen LogP contribution >= 0.6 is 11.6 Å². The molecule has 84 valence electrons. The first-order valence-electron chi connectivity index (χ1n) is 4.21. The summed E-state index contributed by atoms with van der Waals surface area (Å²) < 4.78 is 24.9. The molecule has 0 aromatic heterocycles. The SMILES string of the molecule is CC(CC(N)=O)NS(=O)(=O)CCCCl. The Labute approximate surface area is 89.0 Å². The van der Waals surface area contributed by atoms with Gasteiger partial charge in [-0.15, -0.1) is 11.6 Å². The number of alkyl halides is 1. The largest absolute Gasteiger partial charge is 0.370 e. The fourth-order valence-electron chi connectivity index (χ4n) is 0.953. The number of hydrogen-bond acceptors (Lipinski definition) is 3. The fraction of sp³-hybridized carbons (Fsp3) is 0.857. The van der Waals surface area contributed by atoms with Gasteiger partial charge in [-0.1, -0.05) is 0 Å². The van der Waals surface area contributed by atoms with Gasteiger partial charge in [-0.3, -0.25) is 4.79 Å². The van der Waals surface area contributed by atoms with Crippen molar-refractivity contribution in [2.24, 2.45) is 5.73 Å². The highest BCUT2D eigenvalue weighted by Gasteiger charge is 2.15. The van der Waals surface area contributed by atoms with Crippen molar-refractivity contribution in [1.82, 2.24) is 4.72 Å². The Morgan fingerprint density at radius 2 is 2.14 bits per heavy atom. The maximum Gasteiger partial charge on any atom is 0.219 e. The van der Waals surface area contributed by atoms with E-state index in [1.165, 1.54) is 0 Å². The summed E-state index contributed by atoms with van der Waals surface area (Å²) in [5.74, 6) is -0.261. The van der Waals surface area contributed by atoms with Crippen molar-refractivity contribution in [3.05, 3.63) is 0 Å². The van der Waals surface area contributed by atoms with Gasteiger partial charge in [0.05, 0.1) is 5.75 Å². The molecule has 0 rings (SSSR count). The molecule has 3 N–H and O–H groups in total. The number of sulfonamides is 1. The number of nitrogens with one attached hydrogen (secondary N) is 1. The summed E-state index contributed by atoms with van der Waals surface area (Å²) in [6.07, 6.45) is 0.389. The van der Waals surface area contributed by atoms with Crippen LogP contribution in [-0.4, -0.2) is 32.0 Å². The molecule has 1 unspecified atom stereocenters. The minimum Gasteiger partial charge on any atom is -0.370 e. The molecule has 0 aromatic carbocycles. The van der Waals surface area contributed by atoms with Crippen molar-refractivity contribution in [3.8, 4) is 0 Å². The quantitative estimate of drug-likeness (QED) is 0.606. The molecule has 0 fully saturated rings. The average Bonchev–Trinajstić information content (AvgIpc) is 1.98. The third-order valence-electron chi connectivity index (χ3n) is 1.43. The Morgan fingerprint density at radius 3 is 2.57 bits per heavy atom. The van der Waals surface area contributed by atoms with E-state index in [9.17, 15) is 13.2 Å². The third-order valence-corrected chi connectivity index (χ3v) is 3.29. The summed E-state index contributed by atoms with van der Waals surface area (Å²) in [6, 6.07) is -0.465. The zero-order valence-electron chi connectivity index (χ0n) is 7.99. The molecular weight excluding hydrogens is 228 g/mol. The molecule has 5 nitrogen and oxygen atoms in total. The second-order valence-electron chi connectivity index (χ2n) is 3.05. The normalized spacial score (nSPS) is 13.9. The molecule has 0 aromatic rings. The Hall–Kier alpha value is -0.330. The Balaban J connectivity index is 4.02. The van der Waals surface area contributed by atoms with Crippen molar-refractivity contribution in [2.75, 3.05) is 11.6 Å². The Kier molecular flexibility index (Phi) is 6.06. The Morgan fingerprint density at radius 1 is 1.57 bits per heavy atom. The van der Waals surface area contributed by atoms with E-state index in [0.717, 1.165) is 0 Å². The fourth-order valence-corrected chi connectivity index (χ4v) is 2.58. The molecule has 0 saturated heterocycles. The molecule has 1 atom stereocenters. The van der Waals surface area contributed by atoms with Gasteiger partial charge in [0, 0.05) is 18.3 Å². The topological polar surface area (TPSA) is 89.3 Å². The maximum absolute atomic E-state index is 11.3. The average molecular weight is 243 g/mol. The van der Waals surface area contributed by atoms with Gasteiger partial charge in [-0.25, -0.2) is 13.1 Å². The summed E-state index contributed by atoms with van der Waals surface area (Å²) >= 11 is 5.36. The number of primary amides is 1. The summed E-state index contributed by atoms with van der Waals surface area (Å²) in [5, 5.41) is 0. The van der Waals surface area contributed by atoms with Crippen LogP contribution in [0.25, 0.3) is 0 Å². The standard InChI is InChI=1S/C7H15ClN2O3S/c1-6(5-7(9)11)10-14(12,13)4-2-3-8/h6,10H,2-5H2,1H3,(H2,9,11). The van der Waals surface area contributed by atoms with Crippen LogP contribution in [0.2, 0.25) is 0 Å². The van der Waals surface area contributed by atoms with Crippen LogP contribution < -0.4 is 10.5 Å². The van der Waals surface area contributed by atoms with Crippen LogP contribution in [0.15, 0.2) is 0 Å². The predicted molar refractivity (Wildman–Crippen MR) is 55.5 cm³/mol. The Bertz CT molecular complexity index is 279. The number of halogens is 1. The van der Waals surface area contributed by atoms with Crippen molar-refractivity contribution in [3.63, 3.8) is 0 Å². The van der Waals surface area contributed by atoms with Gasteiger partial charge in [-0.2, -0.15) is 0 Å². The van der Waals surface area contributed by atoms with Gasteiger partial charge < -0.3 is 5.73 Å². The van der Waals surface area contributed by atoms with E-state index < -0.39 is 22.0 Å². The van der Waals surface area contributed by atoms with E-state index in [-0.39, 0.29) is 12.2 Å². The molecule has 7 heteroatoms. The first-order valence-corrected chi connectivity index (χ1v) is 6.40. The van der Waals surface area contributed by atoms with Gasteiger partial charge in [-0.05, 0) is 13.3 Å². The lowest BCUT2D eigenvalue weighted by molar-refractivity contribution is -0.118. The van der Waals surface area contributed by atoms with Crippen LogP contribution in [0, 0.1) is 0 Å². The van der Waals surface area contributed by atoms with Crippen molar-refractivity contribution >= 4 is 27.5 Å². The van der Waals surface area contributed by atoms with Crippen LogP contribution in [0.3, 0.4) is 0 Å². The minimum absolute atomic E-state index is 0.000104. The number of hydrogen-bond donors (Lipinski definition) is 2. The molecule has 0 heterocycles. The van der Waals surface area contributed by atoms with E-state index in [4.69, 9.17) is 17.3 Å². The molecule has 0 saturated carbocycles. The summed E-state index contributed by atoms with van der Waals surface area (Å²) in [4.78, 5) is 10.5. The maximum atomic E-state index is 11.3. The predicted octanol–water partition coefficient (Wildman–Crippen LogP) is -0.201. The highest BCUT2D eigenvalue weighted by Crippen LogP contribution is 1.97. The number of rotatable bonds is 7. The van der Waals surface area contributed by atoms with E-state index in [1.54, 1.807) is 6.92 Å². The van der Waals surface area contributed by atoms with Gasteiger partial charge >= 0.3 is 0 Å². The van der Waals surface area contributed by atoms with Gasteiger partial charge in [0.2, 0.25) is 15.9 Å². The highest BCUT2D eigenvalue weighted by molar-refractivity contribution is 7.89. The summed E-state index contributed by atoms with van der Waals surface area (Å²) in [6.45, 7) is 1.59. The van der Waals surface area contributed by atoms with Gasteiger partial charge in [0.25, 0.3) is 0 Å². The molecule has 14 heavy (non-hydrogen) atoms. The number of carbonyl (C=O) groups is 1. The molecule has 0 aliphatic carbocycles. The zero-order valence-corrected chi connectivity index (χ0v) is 9.57. The minimum atomic E-state index is -3.33. The molecule has 0 bridgehead atoms. The van der Waals surface area contributed by atoms with E-state index in [2.05, 4.69) is 4.72 Å². The molecular formula is C7H15ClN2O3S. The molecule has 0 aliphatic heterocycles. The first kappa shape index (κ1) is 13.7. The van der Waals surface area contributed by atoms with E-state index in [0.29, 0.717) is 12.3 Å². The molecule has 0 aliphatic rings. The van der Waals surface area contributed by atoms with E-state index in [1.807, 2.05) is 0 Å². The van der Waals surface area contributed by atoms with Gasteiger partial charge in [0.1, 0.15) is 0 Å². The number of amides is 1. The summed E-state index contributed by atoms with van der Waals surface area (Å²) in [7, 11) is -3.33. The summed E-state index contributed by atoms with van der Waals surface area (Å²) in [5.41, 5.74) is 4.92. The van der Waals surface area contributed by atoms with Crippen LogP contribution in [-0.2, 0) is 14.8 Å². The number of carbonyl (C=O) groups excluding carboxylic acids is 1. The van der Waals surface area contributed by atoms with Crippen molar-refractivity contribution in [2.45, 2.75) is 25.8 Å². The van der Waals surface area contributed by atoms with Crippen molar-refractivity contribution < 1.29 is 13.2 Å². The second-order valence-corrected chi connectivity index (χ2v) is 5.30. The highest BCUT2D eigenvalue weighted by atomic mass is 35.5. The molecule has 0 spiro atoms. The van der Waals surface area contributed by atoms with Gasteiger partial charge in [0.15, 0.2) is 0 Å². The first-order chi connectivity index (χ1) is 6.37. The van der Waals surface area contributed by atoms with Crippen LogP contribution in [0.5, 0.6) is 0 Å². The lowest BCUT2D eigenvalue weighted by atomic mass is 10.2. The lowest BCUT2D eigenvalue weighted by Crippen LogP contribution is -2.37. The molecule has 0 radical (unpaired) electrons. The monoisotopic (exact) mass is 242 g/mol. The third kappa shape index (κ3) is 7.11. The number of nitrogens with two attached hydrogens (primary N) is 1. The molecule has 1 amide bonds. The smallest absolute Gasteiger partial charge is 0.219 e.